The van der Waals surface area contributed by atoms with Gasteiger partial charge in [0.25, 0.3) is 0 Å². The number of nitrogens with one attached hydrogen (secondary N) is 1. The molecule has 1 N–H and O–H groups in total. The highest BCUT2D eigenvalue weighted by atomic mass is 32.2. The van der Waals surface area contributed by atoms with Crippen LogP contribution in [0.5, 0.6) is 0 Å². The maximum atomic E-state index is 11.7. The van der Waals surface area contributed by atoms with E-state index in [-0.39, 0.29) is 11.8 Å². The number of hydrogen-bond donors (Lipinski definition) is 1. The largest absolute Gasteiger partial charge is 0.317 e. The lowest BCUT2D eigenvalue weighted by molar-refractivity contribution is 0.483. The van der Waals surface area contributed by atoms with E-state index in [2.05, 4.69) is 31.2 Å². The number of sulfone groups is 1. The summed E-state index contributed by atoms with van der Waals surface area (Å²) in [6.07, 6.45) is 1.68. The van der Waals surface area contributed by atoms with Gasteiger partial charge in [-0.15, -0.1) is 0 Å². The smallest absolute Gasteiger partial charge is 0.152 e. The van der Waals surface area contributed by atoms with Gasteiger partial charge in [-0.25, -0.2) is 8.42 Å². The Balaban J connectivity index is 2.14. The second kappa shape index (κ2) is 6.48. The molecule has 1 aliphatic heterocycles. The third-order valence-corrected chi connectivity index (χ3v) is 6.07. The topological polar surface area (TPSA) is 64.0 Å². The van der Waals surface area contributed by atoms with Gasteiger partial charge in [-0.2, -0.15) is 5.10 Å². The number of rotatable bonds is 6. The molecule has 2 heterocycles. The van der Waals surface area contributed by atoms with Crippen LogP contribution in [0.4, 0.5) is 0 Å². The summed E-state index contributed by atoms with van der Waals surface area (Å²) < 4.78 is 25.3. The van der Waals surface area contributed by atoms with Gasteiger partial charge in [0.15, 0.2) is 9.84 Å². The minimum absolute atomic E-state index is 0.0199. The Hall–Kier alpha value is -0.880. The monoisotopic (exact) mass is 313 g/mol. The van der Waals surface area contributed by atoms with Gasteiger partial charge < -0.3 is 5.32 Å². The lowest BCUT2D eigenvalue weighted by atomic mass is 9.99. The van der Waals surface area contributed by atoms with Gasteiger partial charge in [0.05, 0.1) is 23.2 Å². The van der Waals surface area contributed by atoms with Gasteiger partial charge in [0.1, 0.15) is 0 Å². The van der Waals surface area contributed by atoms with Crippen LogP contribution >= 0.6 is 0 Å². The van der Waals surface area contributed by atoms with Crippen molar-refractivity contribution in [3.05, 3.63) is 17.0 Å². The van der Waals surface area contributed by atoms with Gasteiger partial charge in [0, 0.05) is 5.69 Å². The molecule has 0 saturated carbocycles. The van der Waals surface area contributed by atoms with Crippen molar-refractivity contribution in [2.24, 2.45) is 5.92 Å². The lowest BCUT2D eigenvalue weighted by Gasteiger charge is -2.14. The molecular weight excluding hydrogens is 286 g/mol. The molecule has 2 rings (SSSR count). The first-order chi connectivity index (χ1) is 9.84. The Labute approximate surface area is 128 Å². The van der Waals surface area contributed by atoms with Crippen molar-refractivity contribution in [2.75, 3.05) is 24.6 Å². The third kappa shape index (κ3) is 3.86. The summed E-state index contributed by atoms with van der Waals surface area (Å²) in [5, 5.41) is 8.00. The maximum absolute atomic E-state index is 11.7. The molecule has 2 unspecified atom stereocenters. The van der Waals surface area contributed by atoms with Crippen molar-refractivity contribution in [3.63, 3.8) is 0 Å². The van der Waals surface area contributed by atoms with E-state index in [0.717, 1.165) is 30.9 Å². The molecule has 0 aliphatic carbocycles. The molecule has 1 saturated heterocycles. The van der Waals surface area contributed by atoms with Crippen LogP contribution in [0.25, 0.3) is 0 Å². The molecule has 0 amide bonds. The van der Waals surface area contributed by atoms with Crippen molar-refractivity contribution in [2.45, 2.75) is 46.6 Å². The molecule has 0 aromatic carbocycles. The fourth-order valence-electron chi connectivity index (χ4n) is 3.13. The van der Waals surface area contributed by atoms with Crippen LogP contribution in [-0.4, -0.2) is 42.8 Å². The first-order valence-corrected chi connectivity index (χ1v) is 9.62. The lowest BCUT2D eigenvalue weighted by Crippen LogP contribution is -2.22. The number of hydrogen-bond acceptors (Lipinski definition) is 4. The molecular formula is C15H27N3O2S. The van der Waals surface area contributed by atoms with Gasteiger partial charge in [-0.1, -0.05) is 13.8 Å². The van der Waals surface area contributed by atoms with Crippen LogP contribution in [0.3, 0.4) is 0 Å². The van der Waals surface area contributed by atoms with Gasteiger partial charge in [0.2, 0.25) is 0 Å². The predicted molar refractivity (Wildman–Crippen MR) is 85.4 cm³/mol. The maximum Gasteiger partial charge on any atom is 0.152 e. The van der Waals surface area contributed by atoms with E-state index >= 15 is 0 Å². The zero-order valence-corrected chi connectivity index (χ0v) is 14.3. The Morgan fingerprint density at radius 3 is 2.71 bits per heavy atom. The zero-order chi connectivity index (χ0) is 15.6. The van der Waals surface area contributed by atoms with Crippen molar-refractivity contribution < 1.29 is 8.42 Å². The first-order valence-electron chi connectivity index (χ1n) is 7.79. The average Bonchev–Trinajstić information content (AvgIpc) is 2.90. The van der Waals surface area contributed by atoms with Crippen LogP contribution in [0.2, 0.25) is 0 Å². The summed E-state index contributed by atoms with van der Waals surface area (Å²) in [7, 11) is -2.87. The molecule has 5 nitrogen and oxygen atoms in total. The van der Waals surface area contributed by atoms with Gasteiger partial charge in [-0.05, 0) is 51.3 Å². The van der Waals surface area contributed by atoms with Crippen LogP contribution in [-0.2, 0) is 16.3 Å². The van der Waals surface area contributed by atoms with E-state index in [1.165, 1.54) is 5.56 Å². The Morgan fingerprint density at radius 1 is 1.43 bits per heavy atom. The molecule has 6 heteroatoms. The highest BCUT2D eigenvalue weighted by Crippen LogP contribution is 2.27. The molecule has 0 spiro atoms. The van der Waals surface area contributed by atoms with Crippen LogP contribution in [0.15, 0.2) is 0 Å². The van der Waals surface area contributed by atoms with Crippen molar-refractivity contribution in [1.82, 2.24) is 15.1 Å². The Bertz CT molecular complexity index is 592. The van der Waals surface area contributed by atoms with Crippen LogP contribution in [0, 0.1) is 19.8 Å². The van der Waals surface area contributed by atoms with Crippen molar-refractivity contribution in [3.8, 4) is 0 Å². The van der Waals surface area contributed by atoms with Crippen LogP contribution < -0.4 is 5.32 Å². The highest BCUT2D eigenvalue weighted by molar-refractivity contribution is 7.91. The normalized spacial score (nSPS) is 22.6. The summed E-state index contributed by atoms with van der Waals surface area (Å²) >= 11 is 0. The van der Waals surface area contributed by atoms with Crippen molar-refractivity contribution in [1.29, 1.82) is 0 Å². The highest BCUT2D eigenvalue weighted by Gasteiger charge is 2.31. The van der Waals surface area contributed by atoms with Crippen molar-refractivity contribution >= 4 is 9.84 Å². The van der Waals surface area contributed by atoms with Gasteiger partial charge >= 0.3 is 0 Å². The minimum atomic E-state index is -2.87. The quantitative estimate of drug-likeness (QED) is 0.867. The van der Waals surface area contributed by atoms with E-state index in [0.29, 0.717) is 18.1 Å². The molecule has 0 bridgehead atoms. The van der Waals surface area contributed by atoms with Crippen LogP contribution in [0.1, 0.15) is 43.3 Å². The number of nitrogens with zero attached hydrogens (tertiary/aromatic N) is 2. The molecule has 2 atom stereocenters. The molecule has 0 radical (unpaired) electrons. The molecule has 1 aromatic rings. The average molecular weight is 313 g/mol. The summed E-state index contributed by atoms with van der Waals surface area (Å²) in [5.74, 6) is 1.08. The molecule has 120 valence electrons. The molecule has 21 heavy (non-hydrogen) atoms. The predicted octanol–water partition coefficient (Wildman–Crippen LogP) is 1.65. The first kappa shape index (κ1) is 16.5. The molecule has 1 fully saturated rings. The van der Waals surface area contributed by atoms with E-state index in [1.54, 1.807) is 0 Å². The summed E-state index contributed by atoms with van der Waals surface area (Å²) in [5.41, 5.74) is 3.46. The molecule has 1 aliphatic rings. The summed E-state index contributed by atoms with van der Waals surface area (Å²) in [4.78, 5) is 0. The van der Waals surface area contributed by atoms with E-state index in [1.807, 2.05) is 11.6 Å². The van der Waals surface area contributed by atoms with E-state index in [4.69, 9.17) is 0 Å². The fraction of sp³-hybridized carbons (Fsp3) is 0.800. The minimum Gasteiger partial charge on any atom is -0.317 e. The Kier molecular flexibility index (Phi) is 5.09. The number of aromatic nitrogens is 2. The standard InChI is InChI=1S/C15H27N3O2S/c1-5-16-9-11(2)8-15-12(3)17-18(13(15)4)14-6-7-21(19,20)10-14/h11,14,16H,5-10H2,1-4H3. The summed E-state index contributed by atoms with van der Waals surface area (Å²) in [6, 6.07) is 0.0199. The summed E-state index contributed by atoms with van der Waals surface area (Å²) in [6.45, 7) is 10.4. The van der Waals surface area contributed by atoms with E-state index in [9.17, 15) is 8.42 Å². The second-order valence-corrected chi connectivity index (χ2v) is 8.50. The number of aryl methyl sites for hydroxylation is 1. The zero-order valence-electron chi connectivity index (χ0n) is 13.5. The fourth-order valence-corrected chi connectivity index (χ4v) is 4.82. The SMILES string of the molecule is CCNCC(C)Cc1c(C)nn(C2CCS(=O)(=O)C2)c1C. The van der Waals surface area contributed by atoms with E-state index < -0.39 is 9.84 Å². The Morgan fingerprint density at radius 2 is 2.14 bits per heavy atom. The molecule has 1 aromatic heterocycles. The second-order valence-electron chi connectivity index (χ2n) is 6.27. The van der Waals surface area contributed by atoms with Gasteiger partial charge in [-0.3, -0.25) is 4.68 Å². The third-order valence-electron chi connectivity index (χ3n) is 4.32.